The molecule has 6 nitrogen and oxygen atoms in total. The molecule has 0 saturated carbocycles. The summed E-state index contributed by atoms with van der Waals surface area (Å²) in [6.07, 6.45) is 1.02. The van der Waals surface area contributed by atoms with Crippen molar-refractivity contribution in [3.8, 4) is 17.4 Å². The van der Waals surface area contributed by atoms with Gasteiger partial charge in [0.1, 0.15) is 11.5 Å². The predicted octanol–water partition coefficient (Wildman–Crippen LogP) is 2.84. The summed E-state index contributed by atoms with van der Waals surface area (Å²) in [7, 11) is 1.55. The van der Waals surface area contributed by atoms with Crippen LogP contribution in [0.5, 0.6) is 5.88 Å². The maximum Gasteiger partial charge on any atom is 0.233 e. The average molecular weight is 338 g/mol. The molecule has 2 aromatic rings. The third kappa shape index (κ3) is 3.22. The Balaban J connectivity index is 2.37. The molecule has 7 heteroatoms. The predicted molar refractivity (Wildman–Crippen MR) is 80.8 cm³/mol. The second-order valence-corrected chi connectivity index (χ2v) is 4.98. The normalized spacial score (nSPS) is 10.4. The summed E-state index contributed by atoms with van der Waals surface area (Å²) >= 11 is 3.50. The number of hydrogen-bond donors (Lipinski definition) is 1. The molecule has 0 aliphatic heterocycles. The Morgan fingerprint density at radius 1 is 1.25 bits per heavy atom. The second-order valence-electron chi connectivity index (χ2n) is 4.18. The van der Waals surface area contributed by atoms with E-state index in [-0.39, 0.29) is 0 Å². The number of rotatable bonds is 5. The number of methoxy groups -OCH3 is 1. The van der Waals surface area contributed by atoms with Gasteiger partial charge in [0.25, 0.3) is 0 Å². The minimum absolute atomic E-state index is 0.465. The van der Waals surface area contributed by atoms with E-state index in [1.165, 1.54) is 0 Å². The number of nitrogens with one attached hydrogen (secondary N) is 1. The Kier molecular flexibility index (Phi) is 4.84. The van der Waals surface area contributed by atoms with Crippen LogP contribution in [0.3, 0.4) is 0 Å². The van der Waals surface area contributed by atoms with Crippen molar-refractivity contribution in [1.82, 2.24) is 20.2 Å². The monoisotopic (exact) mass is 337 g/mol. The highest BCUT2D eigenvalue weighted by Crippen LogP contribution is 2.26. The van der Waals surface area contributed by atoms with Crippen LogP contribution >= 0.6 is 15.9 Å². The standard InChI is InChI=1S/C13H16BrN5O/c1-4-7-15-13-11(14)8(2)16-12(17-13)9-5-6-10(20-3)19-18-9/h5-6H,4,7H2,1-3H3,(H,15,16,17). The first-order valence-electron chi connectivity index (χ1n) is 6.31. The van der Waals surface area contributed by atoms with E-state index in [4.69, 9.17) is 4.74 Å². The molecule has 0 spiro atoms. The van der Waals surface area contributed by atoms with Gasteiger partial charge in [-0.2, -0.15) is 0 Å². The fourth-order valence-electron chi connectivity index (χ4n) is 1.58. The summed E-state index contributed by atoms with van der Waals surface area (Å²) in [6, 6.07) is 3.53. The van der Waals surface area contributed by atoms with Crippen molar-refractivity contribution in [2.24, 2.45) is 0 Å². The number of hydrogen-bond acceptors (Lipinski definition) is 6. The summed E-state index contributed by atoms with van der Waals surface area (Å²) in [5, 5.41) is 11.3. The maximum absolute atomic E-state index is 4.99. The van der Waals surface area contributed by atoms with Crippen LogP contribution in [0.25, 0.3) is 11.5 Å². The van der Waals surface area contributed by atoms with Crippen LogP contribution in [0, 0.1) is 6.92 Å². The number of aromatic nitrogens is 4. The van der Waals surface area contributed by atoms with E-state index in [0.717, 1.165) is 29.0 Å². The zero-order valence-corrected chi connectivity index (χ0v) is 13.2. The first-order valence-corrected chi connectivity index (χ1v) is 7.11. The summed E-state index contributed by atoms with van der Waals surface area (Å²) in [4.78, 5) is 8.91. The molecule has 0 aliphatic rings. The zero-order valence-electron chi connectivity index (χ0n) is 11.6. The number of aryl methyl sites for hydroxylation is 1. The lowest BCUT2D eigenvalue weighted by Gasteiger charge is -2.10. The van der Waals surface area contributed by atoms with E-state index >= 15 is 0 Å². The first kappa shape index (κ1) is 14.6. The molecule has 20 heavy (non-hydrogen) atoms. The Bertz CT molecular complexity index is 588. The lowest BCUT2D eigenvalue weighted by atomic mass is 10.3. The molecule has 0 aromatic carbocycles. The summed E-state index contributed by atoms with van der Waals surface area (Å²) in [5.41, 5.74) is 1.46. The first-order chi connectivity index (χ1) is 9.65. The molecular weight excluding hydrogens is 322 g/mol. The highest BCUT2D eigenvalue weighted by Gasteiger charge is 2.12. The average Bonchev–Trinajstić information content (AvgIpc) is 2.48. The fraction of sp³-hybridized carbons (Fsp3) is 0.385. The third-order valence-corrected chi connectivity index (χ3v) is 3.59. The molecule has 0 fully saturated rings. The van der Waals surface area contributed by atoms with Crippen LogP contribution < -0.4 is 10.1 Å². The molecule has 0 unspecified atom stereocenters. The van der Waals surface area contributed by atoms with Crippen LogP contribution in [-0.2, 0) is 0 Å². The topological polar surface area (TPSA) is 72.8 Å². The van der Waals surface area contributed by atoms with Crippen LogP contribution in [0.1, 0.15) is 19.0 Å². The van der Waals surface area contributed by atoms with Gasteiger partial charge in [0.05, 0.1) is 17.3 Å². The summed E-state index contributed by atoms with van der Waals surface area (Å²) < 4.78 is 5.86. The van der Waals surface area contributed by atoms with Gasteiger partial charge < -0.3 is 10.1 Å². The minimum Gasteiger partial charge on any atom is -0.480 e. The van der Waals surface area contributed by atoms with Gasteiger partial charge in [-0.05, 0) is 35.3 Å². The molecule has 2 aromatic heterocycles. The van der Waals surface area contributed by atoms with Crippen LogP contribution in [0.2, 0.25) is 0 Å². The van der Waals surface area contributed by atoms with Gasteiger partial charge in [-0.3, -0.25) is 0 Å². The van der Waals surface area contributed by atoms with Crippen molar-refractivity contribution in [1.29, 1.82) is 0 Å². The third-order valence-electron chi connectivity index (χ3n) is 2.64. The van der Waals surface area contributed by atoms with Gasteiger partial charge in [0.2, 0.25) is 5.88 Å². The van der Waals surface area contributed by atoms with E-state index in [0.29, 0.717) is 17.4 Å². The fourth-order valence-corrected chi connectivity index (χ4v) is 1.90. The Morgan fingerprint density at radius 2 is 2.05 bits per heavy atom. The van der Waals surface area contributed by atoms with Crippen molar-refractivity contribution < 1.29 is 4.74 Å². The highest BCUT2D eigenvalue weighted by atomic mass is 79.9. The molecule has 0 aliphatic carbocycles. The van der Waals surface area contributed by atoms with Crippen LogP contribution in [0.4, 0.5) is 5.82 Å². The summed E-state index contributed by atoms with van der Waals surface area (Å²) in [5.74, 6) is 1.78. The van der Waals surface area contributed by atoms with Crippen LogP contribution in [0.15, 0.2) is 16.6 Å². The van der Waals surface area contributed by atoms with E-state index in [2.05, 4.69) is 48.3 Å². The van der Waals surface area contributed by atoms with Gasteiger partial charge in [0, 0.05) is 12.6 Å². The van der Waals surface area contributed by atoms with Gasteiger partial charge in [-0.1, -0.05) is 6.92 Å². The maximum atomic E-state index is 4.99. The summed E-state index contributed by atoms with van der Waals surface area (Å²) in [6.45, 7) is 4.87. The number of nitrogens with zero attached hydrogens (tertiary/aromatic N) is 4. The van der Waals surface area contributed by atoms with Gasteiger partial charge in [-0.25, -0.2) is 9.97 Å². The second kappa shape index (κ2) is 6.60. The number of halogens is 1. The largest absolute Gasteiger partial charge is 0.480 e. The van der Waals surface area contributed by atoms with Gasteiger partial charge >= 0.3 is 0 Å². The van der Waals surface area contributed by atoms with E-state index in [1.807, 2.05) is 6.92 Å². The molecule has 0 radical (unpaired) electrons. The zero-order chi connectivity index (χ0) is 14.5. The van der Waals surface area contributed by atoms with Gasteiger partial charge in [-0.15, -0.1) is 10.2 Å². The SMILES string of the molecule is CCCNc1nc(-c2ccc(OC)nn2)nc(C)c1Br. The molecule has 2 rings (SSSR count). The molecule has 0 bridgehead atoms. The Labute approximate surface area is 126 Å². The molecule has 0 atom stereocenters. The molecule has 2 heterocycles. The van der Waals surface area contributed by atoms with Crippen molar-refractivity contribution in [3.63, 3.8) is 0 Å². The Hall–Kier alpha value is -1.76. The lowest BCUT2D eigenvalue weighted by Crippen LogP contribution is -2.06. The number of ether oxygens (including phenoxy) is 1. The molecule has 0 saturated heterocycles. The smallest absolute Gasteiger partial charge is 0.233 e. The van der Waals surface area contributed by atoms with Crippen molar-refractivity contribution in [3.05, 3.63) is 22.3 Å². The highest BCUT2D eigenvalue weighted by molar-refractivity contribution is 9.10. The van der Waals surface area contributed by atoms with E-state index in [1.54, 1.807) is 19.2 Å². The van der Waals surface area contributed by atoms with Gasteiger partial charge in [0.15, 0.2) is 5.82 Å². The van der Waals surface area contributed by atoms with Crippen LogP contribution in [-0.4, -0.2) is 33.8 Å². The van der Waals surface area contributed by atoms with Crippen molar-refractivity contribution in [2.45, 2.75) is 20.3 Å². The molecule has 0 amide bonds. The van der Waals surface area contributed by atoms with Crippen molar-refractivity contribution in [2.75, 3.05) is 19.0 Å². The Morgan fingerprint density at radius 3 is 2.65 bits per heavy atom. The molecule has 1 N–H and O–H groups in total. The molecular formula is C13H16BrN5O. The van der Waals surface area contributed by atoms with Crippen molar-refractivity contribution >= 4 is 21.7 Å². The molecule has 106 valence electrons. The van der Waals surface area contributed by atoms with E-state index < -0.39 is 0 Å². The lowest BCUT2D eigenvalue weighted by molar-refractivity contribution is 0.392. The number of anilines is 1. The quantitative estimate of drug-likeness (QED) is 0.904. The minimum atomic E-state index is 0.465. The van der Waals surface area contributed by atoms with E-state index in [9.17, 15) is 0 Å².